The highest BCUT2D eigenvalue weighted by Crippen LogP contribution is 2.20. The second kappa shape index (κ2) is 4.97. The molecular weight excluding hydrogens is 266 g/mol. The number of carbonyl (C=O) groups is 1. The van der Waals surface area contributed by atoms with E-state index in [1.165, 1.54) is 12.3 Å². The van der Waals surface area contributed by atoms with Crippen LogP contribution in [0.15, 0.2) is 17.2 Å². The van der Waals surface area contributed by atoms with E-state index in [2.05, 4.69) is 6.92 Å². The summed E-state index contributed by atoms with van der Waals surface area (Å²) in [6.45, 7) is 5.93. The number of nitrogens with zero attached hydrogens (tertiary/aromatic N) is 2. The first-order valence-corrected chi connectivity index (χ1v) is 7.89. The molecule has 1 atom stereocenters. The van der Waals surface area contributed by atoms with Crippen molar-refractivity contribution in [3.05, 3.63) is 18.0 Å². The summed E-state index contributed by atoms with van der Waals surface area (Å²) in [5.41, 5.74) is 0.389. The Balaban J connectivity index is 2.34. The van der Waals surface area contributed by atoms with E-state index in [4.69, 9.17) is 5.14 Å². The maximum absolute atomic E-state index is 12.4. The van der Waals surface area contributed by atoms with Gasteiger partial charge in [-0.2, -0.15) is 0 Å². The molecule has 1 fully saturated rings. The van der Waals surface area contributed by atoms with Crippen molar-refractivity contribution in [2.75, 3.05) is 13.1 Å². The van der Waals surface area contributed by atoms with Gasteiger partial charge >= 0.3 is 0 Å². The zero-order valence-corrected chi connectivity index (χ0v) is 12.0. The van der Waals surface area contributed by atoms with Crippen LogP contribution in [0.4, 0.5) is 0 Å². The van der Waals surface area contributed by atoms with Crippen molar-refractivity contribution in [3.8, 4) is 0 Å². The molecule has 1 unspecified atom stereocenters. The van der Waals surface area contributed by atoms with E-state index in [-0.39, 0.29) is 10.8 Å². The summed E-state index contributed by atoms with van der Waals surface area (Å²) in [5.74, 6) is 0.368. The maximum atomic E-state index is 12.4. The number of sulfonamides is 1. The Morgan fingerprint density at radius 1 is 1.53 bits per heavy atom. The van der Waals surface area contributed by atoms with Crippen molar-refractivity contribution in [2.24, 2.45) is 11.1 Å². The standard InChI is InChI=1S/C12H19N3O3S/c1-3-14-8-10(19(13,17)18)6-11(14)12(16)15-5-4-9(2)7-15/h6,8-9H,3-5,7H2,1-2H3,(H2,13,17,18). The van der Waals surface area contributed by atoms with Crippen LogP contribution in [0.25, 0.3) is 0 Å². The van der Waals surface area contributed by atoms with Crippen molar-refractivity contribution < 1.29 is 13.2 Å². The Bertz CT molecular complexity index is 591. The van der Waals surface area contributed by atoms with Crippen LogP contribution >= 0.6 is 0 Å². The molecule has 1 aromatic heterocycles. The fourth-order valence-electron chi connectivity index (χ4n) is 2.36. The molecule has 19 heavy (non-hydrogen) atoms. The van der Waals surface area contributed by atoms with Gasteiger partial charge in [0.15, 0.2) is 0 Å². The number of hydrogen-bond donors (Lipinski definition) is 1. The van der Waals surface area contributed by atoms with Crippen LogP contribution in [0.2, 0.25) is 0 Å². The summed E-state index contributed by atoms with van der Waals surface area (Å²) >= 11 is 0. The van der Waals surface area contributed by atoms with Gasteiger partial charge in [0.05, 0.1) is 0 Å². The molecule has 1 aliphatic rings. The minimum atomic E-state index is -3.77. The third-order valence-corrected chi connectivity index (χ3v) is 4.35. The minimum absolute atomic E-state index is 0.00931. The molecule has 106 valence electrons. The van der Waals surface area contributed by atoms with E-state index in [0.717, 1.165) is 19.5 Å². The van der Waals surface area contributed by atoms with Crippen LogP contribution in [0.5, 0.6) is 0 Å². The van der Waals surface area contributed by atoms with Gasteiger partial charge < -0.3 is 9.47 Å². The highest BCUT2D eigenvalue weighted by Gasteiger charge is 2.27. The van der Waals surface area contributed by atoms with Crippen LogP contribution < -0.4 is 5.14 Å². The number of nitrogens with two attached hydrogens (primary N) is 1. The van der Waals surface area contributed by atoms with Gasteiger partial charge in [0.1, 0.15) is 10.6 Å². The largest absolute Gasteiger partial charge is 0.342 e. The molecule has 0 aliphatic carbocycles. The van der Waals surface area contributed by atoms with Gasteiger partial charge in [-0.05, 0) is 25.3 Å². The van der Waals surface area contributed by atoms with Gasteiger partial charge in [0.2, 0.25) is 10.0 Å². The molecule has 1 saturated heterocycles. The molecule has 7 heteroatoms. The number of likely N-dealkylation sites (tertiary alicyclic amines) is 1. The van der Waals surface area contributed by atoms with E-state index in [1.54, 1.807) is 9.47 Å². The number of amides is 1. The van der Waals surface area contributed by atoms with Gasteiger partial charge in [0.25, 0.3) is 5.91 Å². The summed E-state index contributed by atoms with van der Waals surface area (Å²) in [6, 6.07) is 1.37. The molecule has 0 spiro atoms. The fraction of sp³-hybridized carbons (Fsp3) is 0.583. The monoisotopic (exact) mass is 285 g/mol. The van der Waals surface area contributed by atoms with E-state index >= 15 is 0 Å². The second-order valence-corrected chi connectivity index (χ2v) is 6.60. The first-order chi connectivity index (χ1) is 8.82. The Labute approximate surface area is 113 Å². The van der Waals surface area contributed by atoms with Crippen LogP contribution in [-0.2, 0) is 16.6 Å². The van der Waals surface area contributed by atoms with Crippen molar-refractivity contribution in [2.45, 2.75) is 31.7 Å². The predicted molar refractivity (Wildman–Crippen MR) is 71.2 cm³/mol. The molecule has 1 aliphatic heterocycles. The lowest BCUT2D eigenvalue weighted by Gasteiger charge is -2.16. The Hall–Kier alpha value is -1.34. The van der Waals surface area contributed by atoms with Crippen molar-refractivity contribution in [1.82, 2.24) is 9.47 Å². The number of primary sulfonamides is 1. The zero-order chi connectivity index (χ0) is 14.2. The smallest absolute Gasteiger partial charge is 0.270 e. The van der Waals surface area contributed by atoms with Crippen molar-refractivity contribution >= 4 is 15.9 Å². The Kier molecular flexibility index (Phi) is 3.69. The Morgan fingerprint density at radius 2 is 2.21 bits per heavy atom. The molecular formula is C12H19N3O3S. The number of aryl methyl sites for hydroxylation is 1. The number of carbonyl (C=O) groups excluding carboxylic acids is 1. The highest BCUT2D eigenvalue weighted by molar-refractivity contribution is 7.89. The molecule has 0 bridgehead atoms. The fourth-order valence-corrected chi connectivity index (χ4v) is 2.91. The van der Waals surface area contributed by atoms with Gasteiger partial charge in [-0.3, -0.25) is 4.79 Å². The van der Waals surface area contributed by atoms with Crippen LogP contribution in [0.1, 0.15) is 30.8 Å². The molecule has 0 radical (unpaired) electrons. The lowest BCUT2D eigenvalue weighted by Crippen LogP contribution is -2.30. The van der Waals surface area contributed by atoms with Crippen LogP contribution in [0.3, 0.4) is 0 Å². The minimum Gasteiger partial charge on any atom is -0.342 e. The topological polar surface area (TPSA) is 85.4 Å². The highest BCUT2D eigenvalue weighted by atomic mass is 32.2. The maximum Gasteiger partial charge on any atom is 0.270 e. The normalized spacial score (nSPS) is 19.9. The summed E-state index contributed by atoms with van der Waals surface area (Å²) in [7, 11) is -3.77. The third kappa shape index (κ3) is 2.82. The Morgan fingerprint density at radius 3 is 2.68 bits per heavy atom. The molecule has 0 aromatic carbocycles. The first kappa shape index (κ1) is 14.1. The molecule has 2 rings (SSSR count). The van der Waals surface area contributed by atoms with Crippen LogP contribution in [0, 0.1) is 5.92 Å². The summed E-state index contributed by atoms with van der Waals surface area (Å²) in [6.07, 6.45) is 2.41. The summed E-state index contributed by atoms with van der Waals surface area (Å²) in [4.78, 5) is 14.1. The molecule has 2 N–H and O–H groups in total. The molecule has 1 aromatic rings. The van der Waals surface area contributed by atoms with Gasteiger partial charge in [-0.25, -0.2) is 13.6 Å². The van der Waals surface area contributed by atoms with Gasteiger partial charge in [-0.1, -0.05) is 6.92 Å². The third-order valence-electron chi connectivity index (χ3n) is 3.47. The predicted octanol–water partition coefficient (Wildman–Crippen LogP) is 0.637. The molecule has 6 nitrogen and oxygen atoms in total. The van der Waals surface area contributed by atoms with Crippen LogP contribution in [-0.4, -0.2) is 36.9 Å². The average Bonchev–Trinajstić information content (AvgIpc) is 2.92. The lowest BCUT2D eigenvalue weighted by molar-refractivity contribution is 0.0777. The first-order valence-electron chi connectivity index (χ1n) is 6.35. The number of aromatic nitrogens is 1. The van der Waals surface area contributed by atoms with Gasteiger partial charge in [0, 0.05) is 25.8 Å². The van der Waals surface area contributed by atoms with E-state index in [9.17, 15) is 13.2 Å². The molecule has 0 saturated carbocycles. The van der Waals surface area contributed by atoms with E-state index in [0.29, 0.717) is 18.2 Å². The van der Waals surface area contributed by atoms with Crippen molar-refractivity contribution in [3.63, 3.8) is 0 Å². The number of hydrogen-bond acceptors (Lipinski definition) is 3. The number of rotatable bonds is 3. The van der Waals surface area contributed by atoms with Gasteiger partial charge in [-0.15, -0.1) is 0 Å². The quantitative estimate of drug-likeness (QED) is 0.884. The zero-order valence-electron chi connectivity index (χ0n) is 11.2. The van der Waals surface area contributed by atoms with E-state index < -0.39 is 10.0 Å². The molecule has 1 amide bonds. The van der Waals surface area contributed by atoms with E-state index in [1.807, 2.05) is 6.92 Å². The molecule has 2 heterocycles. The second-order valence-electron chi connectivity index (χ2n) is 5.04. The van der Waals surface area contributed by atoms with Crippen molar-refractivity contribution in [1.29, 1.82) is 0 Å². The summed E-state index contributed by atoms with van der Waals surface area (Å²) < 4.78 is 24.3. The summed E-state index contributed by atoms with van der Waals surface area (Å²) in [5, 5.41) is 5.10. The average molecular weight is 285 g/mol. The SMILES string of the molecule is CCn1cc(S(N)(=O)=O)cc1C(=O)N1CCC(C)C1. The lowest BCUT2D eigenvalue weighted by atomic mass is 10.2.